The number of hydrogen-bond acceptors (Lipinski definition) is 3. The van der Waals surface area contributed by atoms with Gasteiger partial charge in [-0.3, -0.25) is 0 Å². The van der Waals surface area contributed by atoms with Crippen LogP contribution in [0.2, 0.25) is 0 Å². The Hall–Kier alpha value is -1.30. The van der Waals surface area contributed by atoms with Crippen molar-refractivity contribution in [3.8, 4) is 0 Å². The molecule has 0 saturated heterocycles. The molecule has 0 heterocycles. The molecule has 0 radical (unpaired) electrons. The molecule has 0 bridgehead atoms. The van der Waals surface area contributed by atoms with Crippen LogP contribution in [0.15, 0.2) is 0 Å². The Morgan fingerprint density at radius 3 is 2.43 bits per heavy atom. The van der Waals surface area contributed by atoms with Crippen LogP contribution in [-0.2, 0) is 9.53 Å². The lowest BCUT2D eigenvalue weighted by atomic mass is 9.84. The van der Waals surface area contributed by atoms with Crippen LogP contribution in [0.1, 0.15) is 44.9 Å². The van der Waals surface area contributed by atoms with Gasteiger partial charge in [0.2, 0.25) is 0 Å². The molecule has 0 spiro atoms. The first-order valence-corrected chi connectivity index (χ1v) is 7.92. The largest absolute Gasteiger partial charge is 0.480 e. The number of methoxy groups -OCH3 is 1. The molecule has 21 heavy (non-hydrogen) atoms. The van der Waals surface area contributed by atoms with E-state index >= 15 is 0 Å². The number of ether oxygens (including phenoxy) is 1. The SMILES string of the molecule is COCCN(C(=O)NC(C(=O)O)C1CCCCC1)C1CC1. The van der Waals surface area contributed by atoms with Gasteiger partial charge in [-0.25, -0.2) is 9.59 Å². The van der Waals surface area contributed by atoms with Crippen LogP contribution in [0.3, 0.4) is 0 Å². The summed E-state index contributed by atoms with van der Waals surface area (Å²) < 4.78 is 5.03. The molecule has 2 fully saturated rings. The summed E-state index contributed by atoms with van der Waals surface area (Å²) in [5.41, 5.74) is 0. The van der Waals surface area contributed by atoms with Gasteiger partial charge in [0, 0.05) is 19.7 Å². The van der Waals surface area contributed by atoms with Crippen molar-refractivity contribution < 1.29 is 19.4 Å². The number of nitrogens with zero attached hydrogens (tertiary/aromatic N) is 1. The van der Waals surface area contributed by atoms with Gasteiger partial charge < -0.3 is 20.1 Å². The van der Waals surface area contributed by atoms with E-state index in [1.165, 1.54) is 6.42 Å². The summed E-state index contributed by atoms with van der Waals surface area (Å²) in [6.45, 7) is 0.995. The summed E-state index contributed by atoms with van der Waals surface area (Å²) in [6.07, 6.45) is 7.05. The predicted octanol–water partition coefficient (Wildman–Crippen LogP) is 1.84. The van der Waals surface area contributed by atoms with Crippen molar-refractivity contribution >= 4 is 12.0 Å². The number of carboxylic acids is 1. The van der Waals surface area contributed by atoms with Crippen molar-refractivity contribution in [1.82, 2.24) is 10.2 Å². The second-order valence-corrected chi connectivity index (χ2v) is 6.08. The van der Waals surface area contributed by atoms with Crippen molar-refractivity contribution in [2.45, 2.75) is 57.0 Å². The third-order valence-corrected chi connectivity index (χ3v) is 4.45. The first kappa shape index (κ1) is 16.1. The molecule has 2 amide bonds. The number of aliphatic carboxylic acids is 1. The van der Waals surface area contributed by atoms with Crippen molar-refractivity contribution in [3.63, 3.8) is 0 Å². The lowest BCUT2D eigenvalue weighted by molar-refractivity contribution is -0.141. The molecule has 120 valence electrons. The Labute approximate surface area is 125 Å². The zero-order chi connectivity index (χ0) is 15.2. The van der Waals surface area contributed by atoms with E-state index in [1.807, 2.05) is 0 Å². The number of amides is 2. The Morgan fingerprint density at radius 1 is 1.24 bits per heavy atom. The predicted molar refractivity (Wildman–Crippen MR) is 78.1 cm³/mol. The minimum Gasteiger partial charge on any atom is -0.480 e. The number of hydrogen-bond donors (Lipinski definition) is 2. The van der Waals surface area contributed by atoms with Crippen LogP contribution < -0.4 is 5.32 Å². The summed E-state index contributed by atoms with van der Waals surface area (Å²) in [5.74, 6) is -0.860. The molecular formula is C15H26N2O4. The monoisotopic (exact) mass is 298 g/mol. The zero-order valence-corrected chi connectivity index (χ0v) is 12.7. The van der Waals surface area contributed by atoms with E-state index in [9.17, 15) is 14.7 Å². The molecule has 2 aliphatic carbocycles. The second-order valence-electron chi connectivity index (χ2n) is 6.08. The number of urea groups is 1. The molecular weight excluding hydrogens is 272 g/mol. The van der Waals surface area contributed by atoms with Gasteiger partial charge in [-0.1, -0.05) is 19.3 Å². The average Bonchev–Trinajstić information content (AvgIpc) is 3.30. The molecule has 2 saturated carbocycles. The third kappa shape index (κ3) is 4.59. The molecule has 6 nitrogen and oxygen atoms in total. The zero-order valence-electron chi connectivity index (χ0n) is 12.7. The van der Waals surface area contributed by atoms with E-state index < -0.39 is 12.0 Å². The number of carbonyl (C=O) groups is 2. The molecule has 0 aromatic carbocycles. The van der Waals surface area contributed by atoms with E-state index in [1.54, 1.807) is 12.0 Å². The van der Waals surface area contributed by atoms with Gasteiger partial charge in [-0.15, -0.1) is 0 Å². The highest BCUT2D eigenvalue weighted by Crippen LogP contribution is 2.29. The highest BCUT2D eigenvalue weighted by Gasteiger charge is 2.36. The highest BCUT2D eigenvalue weighted by molar-refractivity contribution is 5.83. The summed E-state index contributed by atoms with van der Waals surface area (Å²) in [7, 11) is 1.60. The number of nitrogens with one attached hydrogen (secondary N) is 1. The molecule has 2 rings (SSSR count). The Morgan fingerprint density at radius 2 is 1.90 bits per heavy atom. The average molecular weight is 298 g/mol. The van der Waals surface area contributed by atoms with Crippen LogP contribution in [0.5, 0.6) is 0 Å². The van der Waals surface area contributed by atoms with Crippen LogP contribution in [0.4, 0.5) is 4.79 Å². The van der Waals surface area contributed by atoms with Crippen LogP contribution >= 0.6 is 0 Å². The second kappa shape index (κ2) is 7.64. The van der Waals surface area contributed by atoms with Gasteiger partial charge in [-0.2, -0.15) is 0 Å². The third-order valence-electron chi connectivity index (χ3n) is 4.45. The van der Waals surface area contributed by atoms with Crippen molar-refractivity contribution in [3.05, 3.63) is 0 Å². The quantitative estimate of drug-likeness (QED) is 0.751. The number of carbonyl (C=O) groups excluding carboxylic acids is 1. The smallest absolute Gasteiger partial charge is 0.326 e. The standard InChI is InChI=1S/C15H26N2O4/c1-21-10-9-17(12-7-8-12)15(20)16-13(14(18)19)11-5-3-2-4-6-11/h11-13H,2-10H2,1H3,(H,16,20)(H,18,19). The fourth-order valence-electron chi connectivity index (χ4n) is 3.09. The van der Waals surface area contributed by atoms with Gasteiger partial charge in [0.15, 0.2) is 0 Å². The van der Waals surface area contributed by atoms with Crippen LogP contribution in [0, 0.1) is 5.92 Å². The van der Waals surface area contributed by atoms with Crippen molar-refractivity contribution in [2.75, 3.05) is 20.3 Å². The van der Waals surface area contributed by atoms with Gasteiger partial charge in [0.25, 0.3) is 0 Å². The van der Waals surface area contributed by atoms with E-state index in [0.717, 1.165) is 38.5 Å². The van der Waals surface area contributed by atoms with E-state index in [0.29, 0.717) is 13.2 Å². The van der Waals surface area contributed by atoms with Gasteiger partial charge >= 0.3 is 12.0 Å². The first-order chi connectivity index (χ1) is 10.1. The van der Waals surface area contributed by atoms with Crippen LogP contribution in [-0.4, -0.2) is 54.4 Å². The molecule has 1 unspecified atom stereocenters. The normalized spacial score (nSPS) is 20.8. The summed E-state index contributed by atoms with van der Waals surface area (Å²) in [4.78, 5) is 25.6. The minimum absolute atomic E-state index is 0.0590. The maximum Gasteiger partial charge on any atom is 0.326 e. The molecule has 6 heteroatoms. The number of rotatable bonds is 7. The summed E-state index contributed by atoms with van der Waals surface area (Å²) >= 11 is 0. The maximum atomic E-state index is 12.4. The van der Waals surface area contributed by atoms with Gasteiger partial charge in [0.05, 0.1) is 6.61 Å². The molecule has 0 aromatic rings. The Bertz CT molecular complexity index is 365. The molecule has 1 atom stereocenters. The summed E-state index contributed by atoms with van der Waals surface area (Å²) in [5, 5.41) is 12.2. The van der Waals surface area contributed by atoms with Gasteiger partial charge in [-0.05, 0) is 31.6 Å². The van der Waals surface area contributed by atoms with Crippen molar-refractivity contribution in [1.29, 1.82) is 0 Å². The Kier molecular flexibility index (Phi) is 5.85. The fraction of sp³-hybridized carbons (Fsp3) is 0.867. The fourth-order valence-corrected chi connectivity index (χ4v) is 3.09. The first-order valence-electron chi connectivity index (χ1n) is 7.92. The van der Waals surface area contributed by atoms with E-state index in [2.05, 4.69) is 5.32 Å². The molecule has 0 aliphatic heterocycles. The number of carboxylic acid groups (broad SMARTS) is 1. The highest BCUT2D eigenvalue weighted by atomic mass is 16.5. The topological polar surface area (TPSA) is 78.9 Å². The van der Waals surface area contributed by atoms with E-state index in [4.69, 9.17) is 4.74 Å². The van der Waals surface area contributed by atoms with Gasteiger partial charge in [0.1, 0.15) is 6.04 Å². The lowest BCUT2D eigenvalue weighted by Gasteiger charge is -2.30. The maximum absolute atomic E-state index is 12.4. The van der Waals surface area contributed by atoms with E-state index in [-0.39, 0.29) is 18.0 Å². The van der Waals surface area contributed by atoms with Crippen LogP contribution in [0.25, 0.3) is 0 Å². The molecule has 0 aromatic heterocycles. The lowest BCUT2D eigenvalue weighted by Crippen LogP contribution is -2.52. The minimum atomic E-state index is -0.919. The van der Waals surface area contributed by atoms with Crippen molar-refractivity contribution in [2.24, 2.45) is 5.92 Å². The Balaban J connectivity index is 1.94. The summed E-state index contributed by atoms with van der Waals surface area (Å²) in [6, 6.07) is -0.768. The molecule has 2 N–H and O–H groups in total. The molecule has 2 aliphatic rings.